The first kappa shape index (κ1) is 29.9. The van der Waals surface area contributed by atoms with E-state index < -0.39 is 10.0 Å². The number of aliphatic imine (C=N–C) groups is 1. The fourth-order valence-electron chi connectivity index (χ4n) is 5.30. The second-order valence-electron chi connectivity index (χ2n) is 10.9. The number of nitrogens with one attached hydrogen (secondary N) is 2. The lowest BCUT2D eigenvalue weighted by molar-refractivity contribution is 0.103. The number of ketones is 1. The minimum Gasteiger partial charge on any atom is -0.497 e. The number of carbonyl (C=O) groups excluding carboxylic acids is 1. The number of anilines is 2. The van der Waals surface area contributed by atoms with Crippen molar-refractivity contribution in [3.8, 4) is 11.6 Å². The Morgan fingerprint density at radius 3 is 2.42 bits per heavy atom. The number of carbonyl (C=O) groups is 1. The Hall–Kier alpha value is -5.13. The SMILES string of the molecule is COc1cccc(S(=O)(=O)Nc2cccc(C(=O)c3ccc4c(C=Nc5ccc(N6CCN(C)CC6)cc5)c(O)[nH]c4c3)c2)c1. The zero-order chi connectivity index (χ0) is 31.6. The maximum absolute atomic E-state index is 13.4. The van der Waals surface area contributed by atoms with Gasteiger partial charge in [0.1, 0.15) is 5.75 Å². The van der Waals surface area contributed by atoms with E-state index >= 15 is 0 Å². The van der Waals surface area contributed by atoms with Crippen LogP contribution in [-0.4, -0.2) is 75.7 Å². The highest BCUT2D eigenvalue weighted by Gasteiger charge is 2.18. The van der Waals surface area contributed by atoms with Gasteiger partial charge in [-0.3, -0.25) is 14.5 Å². The number of piperazine rings is 1. The van der Waals surface area contributed by atoms with Crippen LogP contribution in [0.3, 0.4) is 0 Å². The number of fused-ring (bicyclic) bond motifs is 1. The molecule has 0 aliphatic carbocycles. The van der Waals surface area contributed by atoms with Gasteiger partial charge in [-0.15, -0.1) is 0 Å². The van der Waals surface area contributed by atoms with E-state index in [0.717, 1.165) is 37.6 Å². The van der Waals surface area contributed by atoms with Gasteiger partial charge < -0.3 is 24.6 Å². The topological polar surface area (TPSA) is 127 Å². The fourth-order valence-corrected chi connectivity index (χ4v) is 6.39. The maximum Gasteiger partial charge on any atom is 0.262 e. The van der Waals surface area contributed by atoms with Crippen LogP contribution in [0.1, 0.15) is 21.5 Å². The Morgan fingerprint density at radius 2 is 1.67 bits per heavy atom. The molecule has 45 heavy (non-hydrogen) atoms. The second-order valence-corrected chi connectivity index (χ2v) is 12.6. The molecule has 6 rings (SSSR count). The number of aromatic hydroxyl groups is 1. The van der Waals surface area contributed by atoms with Crippen molar-refractivity contribution < 1.29 is 23.1 Å². The molecule has 0 unspecified atom stereocenters. The van der Waals surface area contributed by atoms with Crippen LogP contribution in [0.4, 0.5) is 17.1 Å². The third-order valence-corrected chi connectivity index (χ3v) is 9.25. The molecule has 0 amide bonds. The third kappa shape index (κ3) is 6.54. The highest BCUT2D eigenvalue weighted by atomic mass is 32.2. The van der Waals surface area contributed by atoms with Gasteiger partial charge in [0, 0.05) is 71.9 Å². The van der Waals surface area contributed by atoms with Crippen LogP contribution in [0.25, 0.3) is 10.9 Å². The second kappa shape index (κ2) is 12.5. The van der Waals surface area contributed by atoms with Crippen LogP contribution in [-0.2, 0) is 10.0 Å². The summed E-state index contributed by atoms with van der Waals surface area (Å²) in [6.07, 6.45) is 1.61. The summed E-state index contributed by atoms with van der Waals surface area (Å²) in [4.78, 5) is 25.6. The van der Waals surface area contributed by atoms with E-state index in [1.165, 1.54) is 25.3 Å². The van der Waals surface area contributed by atoms with Crippen molar-refractivity contribution in [3.05, 3.63) is 108 Å². The molecule has 0 bridgehead atoms. The average molecular weight is 624 g/mol. The summed E-state index contributed by atoms with van der Waals surface area (Å²) in [6.45, 7) is 4.04. The summed E-state index contributed by atoms with van der Waals surface area (Å²) < 4.78 is 33.5. The summed E-state index contributed by atoms with van der Waals surface area (Å²) in [7, 11) is -0.315. The predicted octanol–water partition coefficient (Wildman–Crippen LogP) is 5.42. The van der Waals surface area contributed by atoms with E-state index in [0.29, 0.717) is 33.3 Å². The normalized spacial score (nSPS) is 14.2. The average Bonchev–Trinajstić information content (AvgIpc) is 3.37. The number of hydrogen-bond acceptors (Lipinski definition) is 8. The van der Waals surface area contributed by atoms with Crippen LogP contribution in [0.2, 0.25) is 0 Å². The molecule has 1 aliphatic heterocycles. The molecular weight excluding hydrogens is 590 g/mol. The van der Waals surface area contributed by atoms with E-state index in [1.54, 1.807) is 54.7 Å². The largest absolute Gasteiger partial charge is 0.497 e. The van der Waals surface area contributed by atoms with Crippen molar-refractivity contribution in [2.45, 2.75) is 4.90 Å². The van der Waals surface area contributed by atoms with Gasteiger partial charge in [-0.1, -0.05) is 30.3 Å². The molecule has 230 valence electrons. The molecule has 0 atom stereocenters. The first-order valence-electron chi connectivity index (χ1n) is 14.4. The maximum atomic E-state index is 13.4. The Labute approximate surface area is 261 Å². The Morgan fingerprint density at radius 1 is 0.933 bits per heavy atom. The summed E-state index contributed by atoms with van der Waals surface area (Å²) in [5, 5.41) is 11.4. The molecule has 1 aliphatic rings. The number of hydrogen-bond donors (Lipinski definition) is 3. The lowest BCUT2D eigenvalue weighted by Gasteiger charge is -2.34. The number of benzene rings is 4. The molecule has 1 aromatic heterocycles. The van der Waals surface area contributed by atoms with Gasteiger partial charge in [0.05, 0.1) is 23.3 Å². The molecule has 1 saturated heterocycles. The van der Waals surface area contributed by atoms with Gasteiger partial charge in [0.2, 0.25) is 0 Å². The number of likely N-dealkylation sites (N-methyl/N-ethyl adjacent to an activating group) is 1. The molecule has 1 fully saturated rings. The number of aromatic amines is 1. The van der Waals surface area contributed by atoms with Crippen LogP contribution in [0.5, 0.6) is 11.6 Å². The Kier molecular flexibility index (Phi) is 8.29. The minimum atomic E-state index is -3.91. The number of methoxy groups -OCH3 is 1. The first-order valence-corrected chi connectivity index (χ1v) is 15.9. The molecule has 4 aromatic carbocycles. The van der Waals surface area contributed by atoms with Gasteiger partial charge >= 0.3 is 0 Å². The molecule has 0 radical (unpaired) electrons. The first-order chi connectivity index (χ1) is 21.7. The van der Waals surface area contributed by atoms with Crippen molar-refractivity contribution in [3.63, 3.8) is 0 Å². The minimum absolute atomic E-state index is 0.0394. The lowest BCUT2D eigenvalue weighted by atomic mass is 10.0. The van der Waals surface area contributed by atoms with E-state index in [2.05, 4.69) is 43.7 Å². The molecule has 5 aromatic rings. The van der Waals surface area contributed by atoms with Crippen molar-refractivity contribution in [2.24, 2.45) is 4.99 Å². The Balaban J connectivity index is 1.18. The highest BCUT2D eigenvalue weighted by molar-refractivity contribution is 7.92. The molecule has 2 heterocycles. The summed E-state index contributed by atoms with van der Waals surface area (Å²) >= 11 is 0. The van der Waals surface area contributed by atoms with E-state index in [-0.39, 0.29) is 22.2 Å². The molecule has 10 nitrogen and oxygen atoms in total. The smallest absolute Gasteiger partial charge is 0.262 e. The van der Waals surface area contributed by atoms with Gasteiger partial charge in [-0.25, -0.2) is 8.42 Å². The molecule has 3 N–H and O–H groups in total. The highest BCUT2D eigenvalue weighted by Crippen LogP contribution is 2.29. The number of sulfonamides is 1. The van der Waals surface area contributed by atoms with Crippen molar-refractivity contribution in [1.29, 1.82) is 0 Å². The standard InChI is InChI=1S/C34H33N5O5S/c1-38-15-17-39(18-16-38)27-12-10-25(11-13-27)35-22-31-30-14-9-24(20-32(30)36-34(31)41)33(40)23-5-3-6-26(19-23)37-45(42,43)29-8-4-7-28(21-29)44-2/h3-14,19-22,36-37,41H,15-18H2,1-2H3. The summed E-state index contributed by atoms with van der Waals surface area (Å²) in [6, 6.07) is 25.5. The lowest BCUT2D eigenvalue weighted by Crippen LogP contribution is -2.44. The van der Waals surface area contributed by atoms with E-state index in [1.807, 2.05) is 12.1 Å². The summed E-state index contributed by atoms with van der Waals surface area (Å²) in [5.74, 6) is 0.0581. The molecular formula is C34H33N5O5S. The number of H-pyrrole nitrogens is 1. The van der Waals surface area contributed by atoms with Gasteiger partial charge in [-0.05, 0) is 61.6 Å². The molecule has 0 saturated carbocycles. The zero-order valence-electron chi connectivity index (χ0n) is 24.9. The van der Waals surface area contributed by atoms with Gasteiger partial charge in [0.15, 0.2) is 11.7 Å². The van der Waals surface area contributed by atoms with Crippen molar-refractivity contribution in [1.82, 2.24) is 9.88 Å². The van der Waals surface area contributed by atoms with Crippen molar-refractivity contribution in [2.75, 3.05) is 50.0 Å². The van der Waals surface area contributed by atoms with Crippen molar-refractivity contribution >= 4 is 50.0 Å². The molecule has 11 heteroatoms. The number of rotatable bonds is 9. The number of nitrogens with zero attached hydrogens (tertiary/aromatic N) is 3. The quantitative estimate of drug-likeness (QED) is 0.148. The molecule has 0 spiro atoms. The van der Waals surface area contributed by atoms with Crippen LogP contribution >= 0.6 is 0 Å². The van der Waals surface area contributed by atoms with E-state index in [4.69, 9.17) is 4.74 Å². The fraction of sp³-hybridized carbons (Fsp3) is 0.176. The van der Waals surface area contributed by atoms with Gasteiger partial charge in [-0.2, -0.15) is 0 Å². The number of aromatic nitrogens is 1. The van der Waals surface area contributed by atoms with Gasteiger partial charge in [0.25, 0.3) is 10.0 Å². The zero-order valence-corrected chi connectivity index (χ0v) is 25.7. The van der Waals surface area contributed by atoms with Crippen LogP contribution in [0.15, 0.2) is 101 Å². The summed E-state index contributed by atoms with van der Waals surface area (Å²) in [5.41, 5.74) is 3.93. The van der Waals surface area contributed by atoms with E-state index in [9.17, 15) is 18.3 Å². The monoisotopic (exact) mass is 623 g/mol. The number of ether oxygens (including phenoxy) is 1. The van der Waals surface area contributed by atoms with Crippen LogP contribution in [0, 0.1) is 0 Å². The third-order valence-electron chi connectivity index (χ3n) is 7.87. The Bertz CT molecular complexity index is 2000. The predicted molar refractivity (Wildman–Crippen MR) is 177 cm³/mol. The van der Waals surface area contributed by atoms with Crippen LogP contribution < -0.4 is 14.4 Å².